The summed E-state index contributed by atoms with van der Waals surface area (Å²) in [6.45, 7) is 33.8. The number of esters is 5. The molecule has 0 aromatic heterocycles. The molecule has 640 valence electrons. The fourth-order valence-electron chi connectivity index (χ4n) is 15.8. The average Bonchev–Trinajstić information content (AvgIpc) is 1.38. The van der Waals surface area contributed by atoms with Crippen LogP contribution in [0, 0.1) is 29.6 Å². The van der Waals surface area contributed by atoms with Gasteiger partial charge in [-0.2, -0.15) is 0 Å². The van der Waals surface area contributed by atoms with E-state index in [1.54, 1.807) is 5.57 Å². The van der Waals surface area contributed by atoms with Crippen LogP contribution in [0.3, 0.4) is 0 Å². The number of carbonyl (C=O) groups excluding carboxylic acids is 5. The Morgan fingerprint density at radius 3 is 0.945 bits per heavy atom. The zero-order chi connectivity index (χ0) is 79.5. The monoisotopic (exact) mass is 1540 g/mol. The summed E-state index contributed by atoms with van der Waals surface area (Å²) in [4.78, 5) is 75.0. The SMILES string of the molecule is CCCCCCC(CCCC)C(=O)OCCCCC/C(=C/CCN(CCCCOC(=O)C(CCCC)CCCCCC)CCCC1=CCCN(CCN(CCCCOC(=O)C(CCCC)CCCCCC)CCCCOC(=O)C(CCCC)CCCCCC)CC1)CCCCOC(=O)C(CCCC)CCCCCC. The van der Waals surface area contributed by atoms with Crippen LogP contribution in [0.5, 0.6) is 0 Å². The predicted octanol–water partition coefficient (Wildman–Crippen LogP) is 26.4. The highest BCUT2D eigenvalue weighted by atomic mass is 16.5. The third-order valence-corrected chi connectivity index (χ3v) is 23.3. The van der Waals surface area contributed by atoms with Crippen LogP contribution in [0.4, 0.5) is 0 Å². The van der Waals surface area contributed by atoms with Crippen molar-refractivity contribution < 1.29 is 47.7 Å². The molecule has 0 spiro atoms. The second-order valence-corrected chi connectivity index (χ2v) is 33.3. The van der Waals surface area contributed by atoms with Gasteiger partial charge < -0.3 is 38.4 Å². The Morgan fingerprint density at radius 2 is 0.606 bits per heavy atom. The van der Waals surface area contributed by atoms with E-state index in [1.807, 2.05) is 0 Å². The first-order valence-corrected chi connectivity index (χ1v) is 47.7. The second-order valence-electron chi connectivity index (χ2n) is 33.3. The highest BCUT2D eigenvalue weighted by Crippen LogP contribution is 2.27. The van der Waals surface area contributed by atoms with Gasteiger partial charge in [-0.25, -0.2) is 0 Å². The molecule has 5 atom stereocenters. The van der Waals surface area contributed by atoms with E-state index < -0.39 is 0 Å². The maximum absolute atomic E-state index is 13.5. The minimum atomic E-state index is 0.00960. The molecule has 0 saturated heterocycles. The van der Waals surface area contributed by atoms with E-state index in [-0.39, 0.29) is 59.4 Å². The molecule has 0 N–H and O–H groups in total. The van der Waals surface area contributed by atoms with E-state index in [2.05, 4.69) is 96.1 Å². The van der Waals surface area contributed by atoms with Crippen molar-refractivity contribution >= 4 is 29.8 Å². The van der Waals surface area contributed by atoms with E-state index in [0.717, 1.165) is 335 Å². The molecule has 0 fully saturated rings. The summed E-state index contributed by atoms with van der Waals surface area (Å²) in [5.41, 5.74) is 3.08. The number of ether oxygens (including phenoxy) is 5. The topological polar surface area (TPSA) is 141 Å². The van der Waals surface area contributed by atoms with Crippen molar-refractivity contribution in [3.8, 4) is 0 Å². The van der Waals surface area contributed by atoms with Crippen LogP contribution in [0.2, 0.25) is 0 Å². The van der Waals surface area contributed by atoms with E-state index in [4.69, 9.17) is 23.7 Å². The Hall–Kier alpha value is -3.29. The number of hydrogen-bond donors (Lipinski definition) is 0. The Labute approximate surface area is 675 Å². The molecule has 1 aliphatic rings. The molecule has 0 aliphatic carbocycles. The molecular weight excluding hydrogens is 1360 g/mol. The van der Waals surface area contributed by atoms with E-state index in [9.17, 15) is 24.0 Å². The van der Waals surface area contributed by atoms with Crippen LogP contribution >= 0.6 is 0 Å². The van der Waals surface area contributed by atoms with Crippen LogP contribution in [0.25, 0.3) is 0 Å². The molecule has 0 radical (unpaired) electrons. The Kier molecular flexibility index (Phi) is 73.5. The number of carbonyl (C=O) groups is 5. The summed E-state index contributed by atoms with van der Waals surface area (Å²) in [7, 11) is 0. The van der Waals surface area contributed by atoms with Gasteiger partial charge in [-0.15, -0.1) is 0 Å². The molecule has 5 unspecified atom stereocenters. The number of hydrogen-bond acceptors (Lipinski definition) is 13. The Balaban J connectivity index is 3.28. The van der Waals surface area contributed by atoms with Crippen LogP contribution in [-0.4, -0.2) is 136 Å². The summed E-state index contributed by atoms with van der Waals surface area (Å²) in [6.07, 6.45) is 66.7. The minimum absolute atomic E-state index is 0.00960. The van der Waals surface area contributed by atoms with Gasteiger partial charge in [0.25, 0.3) is 0 Å². The van der Waals surface area contributed by atoms with Crippen molar-refractivity contribution in [3.05, 3.63) is 23.3 Å². The molecule has 1 rings (SSSR count). The van der Waals surface area contributed by atoms with Crippen molar-refractivity contribution in [1.82, 2.24) is 14.7 Å². The molecule has 0 amide bonds. The number of unbranched alkanes of at least 4 members (excludes halogenated alkanes) is 26. The lowest BCUT2D eigenvalue weighted by atomic mass is 9.95. The van der Waals surface area contributed by atoms with Gasteiger partial charge in [0, 0.05) is 32.7 Å². The molecule has 1 aliphatic heterocycles. The fourth-order valence-corrected chi connectivity index (χ4v) is 15.8. The molecular formula is C96H181N3O10. The van der Waals surface area contributed by atoms with Gasteiger partial charge in [-0.1, -0.05) is 285 Å². The molecule has 109 heavy (non-hydrogen) atoms. The average molecular weight is 1540 g/mol. The van der Waals surface area contributed by atoms with Gasteiger partial charge in [0.15, 0.2) is 0 Å². The van der Waals surface area contributed by atoms with Crippen LogP contribution < -0.4 is 0 Å². The smallest absolute Gasteiger partial charge is 0.308 e. The van der Waals surface area contributed by atoms with E-state index >= 15 is 0 Å². The Morgan fingerprint density at radius 1 is 0.321 bits per heavy atom. The third-order valence-electron chi connectivity index (χ3n) is 23.3. The zero-order valence-electron chi connectivity index (χ0n) is 73.9. The first kappa shape index (κ1) is 104. The zero-order valence-corrected chi connectivity index (χ0v) is 73.9. The third kappa shape index (κ3) is 60.0. The Bertz CT molecular complexity index is 2110. The van der Waals surface area contributed by atoms with E-state index in [0.29, 0.717) is 33.0 Å². The van der Waals surface area contributed by atoms with Gasteiger partial charge in [-0.05, 0) is 206 Å². The second kappa shape index (κ2) is 77.3. The van der Waals surface area contributed by atoms with Gasteiger partial charge in [0.1, 0.15) is 0 Å². The molecule has 13 heteroatoms. The first-order chi connectivity index (χ1) is 53.4. The summed E-state index contributed by atoms with van der Waals surface area (Å²) in [5, 5.41) is 0. The van der Waals surface area contributed by atoms with Crippen LogP contribution in [-0.2, 0) is 47.7 Å². The molecule has 0 saturated carbocycles. The fraction of sp³-hybridized carbons (Fsp3) is 0.906. The van der Waals surface area contributed by atoms with Crippen molar-refractivity contribution in [3.63, 3.8) is 0 Å². The van der Waals surface area contributed by atoms with Gasteiger partial charge >= 0.3 is 29.8 Å². The molecule has 13 nitrogen and oxygen atoms in total. The van der Waals surface area contributed by atoms with Crippen LogP contribution in [0.1, 0.15) is 442 Å². The first-order valence-electron chi connectivity index (χ1n) is 47.7. The molecule has 0 bridgehead atoms. The maximum Gasteiger partial charge on any atom is 0.308 e. The van der Waals surface area contributed by atoms with Crippen molar-refractivity contribution in [1.29, 1.82) is 0 Å². The predicted molar refractivity (Wildman–Crippen MR) is 462 cm³/mol. The summed E-state index contributed by atoms with van der Waals surface area (Å²) >= 11 is 0. The largest absolute Gasteiger partial charge is 0.465 e. The molecule has 0 aromatic carbocycles. The minimum Gasteiger partial charge on any atom is -0.465 e. The van der Waals surface area contributed by atoms with Crippen LogP contribution in [0.15, 0.2) is 23.3 Å². The van der Waals surface area contributed by atoms with Gasteiger partial charge in [-0.3, -0.25) is 24.0 Å². The number of rotatable bonds is 81. The summed E-state index contributed by atoms with van der Waals surface area (Å²) in [5.74, 6) is 0.181. The van der Waals surface area contributed by atoms with Crippen molar-refractivity contribution in [2.24, 2.45) is 29.6 Å². The van der Waals surface area contributed by atoms with Gasteiger partial charge in [0.05, 0.1) is 62.6 Å². The number of nitrogens with zero attached hydrogens (tertiary/aromatic N) is 3. The lowest BCUT2D eigenvalue weighted by Crippen LogP contribution is -2.37. The summed E-state index contributed by atoms with van der Waals surface area (Å²) in [6, 6.07) is 0. The lowest BCUT2D eigenvalue weighted by molar-refractivity contribution is -0.150. The highest BCUT2D eigenvalue weighted by molar-refractivity contribution is 5.74. The number of allylic oxidation sites excluding steroid dienone is 1. The summed E-state index contributed by atoms with van der Waals surface area (Å²) < 4.78 is 30.1. The lowest BCUT2D eigenvalue weighted by Gasteiger charge is -2.27. The van der Waals surface area contributed by atoms with E-state index in [1.165, 1.54) is 102 Å². The molecule has 1 heterocycles. The maximum atomic E-state index is 13.5. The standard InChI is InChI=1S/C96H181N3O10/c1-11-21-31-38-65-87(60-26-16-6)92(100)105-80-47-36-37-55-85(56-43-48-81-106-93(101)88(61-27-17-7)66-39-32-22-12-2)57-52-74-97(71-44-49-82-107-94(102)89(62-28-18-8)67-40-33-23-13-3)75-53-58-86-59-54-76-99(77-70-86)79-78-98(72-45-50-83-108-95(103)90(63-29-19-9)68-41-34-24-14-4)73-46-51-84-109-96(104)91(64-30-20-10)69-42-35-25-15-5/h57,59,87-91H,11-56,58,60-84H2,1-10H3/b85-57-. The molecule has 0 aromatic rings. The van der Waals surface area contributed by atoms with Crippen molar-refractivity contribution in [2.45, 2.75) is 442 Å². The quantitative estimate of drug-likeness (QED) is 0.0247. The van der Waals surface area contributed by atoms with Gasteiger partial charge in [0.2, 0.25) is 0 Å². The highest BCUT2D eigenvalue weighted by Gasteiger charge is 2.25. The normalized spacial score (nSPS) is 14.3. The van der Waals surface area contributed by atoms with Crippen molar-refractivity contribution in [2.75, 3.05) is 91.9 Å².